The van der Waals surface area contributed by atoms with E-state index in [-0.39, 0.29) is 6.61 Å². The summed E-state index contributed by atoms with van der Waals surface area (Å²) in [5.41, 5.74) is 1.33. The van der Waals surface area contributed by atoms with Crippen molar-refractivity contribution in [3.05, 3.63) is 35.2 Å². The van der Waals surface area contributed by atoms with Crippen LogP contribution in [0.1, 0.15) is 18.0 Å². The molecule has 0 fully saturated rings. The van der Waals surface area contributed by atoms with Gasteiger partial charge in [-0.1, -0.05) is 18.2 Å². The minimum Gasteiger partial charge on any atom is -0.396 e. The molecule has 1 unspecified atom stereocenters. The molecule has 0 aliphatic heterocycles. The molecular weight excluding hydrogens is 218 g/mol. The van der Waals surface area contributed by atoms with Crippen LogP contribution in [-0.4, -0.2) is 30.7 Å². The lowest BCUT2D eigenvalue weighted by Crippen LogP contribution is -2.20. The minimum atomic E-state index is 0.229. The number of hydrogen-bond acceptors (Lipinski definition) is 3. The van der Waals surface area contributed by atoms with Gasteiger partial charge in [0.05, 0.1) is 0 Å². The van der Waals surface area contributed by atoms with Gasteiger partial charge in [-0.3, -0.25) is 0 Å². The molecule has 2 rings (SSSR count). The van der Waals surface area contributed by atoms with Crippen molar-refractivity contribution in [2.75, 3.05) is 20.7 Å². The molecule has 1 aromatic carbocycles. The summed E-state index contributed by atoms with van der Waals surface area (Å²) < 4.78 is 1.32. The number of aliphatic hydroxyl groups is 1. The van der Waals surface area contributed by atoms with Crippen molar-refractivity contribution in [3.63, 3.8) is 0 Å². The Morgan fingerprint density at radius 2 is 2.06 bits per heavy atom. The Morgan fingerprint density at radius 1 is 1.31 bits per heavy atom. The van der Waals surface area contributed by atoms with E-state index in [4.69, 9.17) is 5.11 Å². The normalized spacial score (nSPS) is 13.5. The van der Waals surface area contributed by atoms with Crippen LogP contribution in [0, 0.1) is 0 Å². The molecule has 16 heavy (non-hydrogen) atoms. The topological polar surface area (TPSA) is 23.5 Å². The third-order valence-electron chi connectivity index (χ3n) is 2.90. The second-order valence-corrected chi connectivity index (χ2v) is 5.09. The zero-order valence-electron chi connectivity index (χ0n) is 9.68. The van der Waals surface area contributed by atoms with Crippen LogP contribution >= 0.6 is 11.3 Å². The van der Waals surface area contributed by atoms with Gasteiger partial charge in [-0.25, -0.2) is 0 Å². The second-order valence-electron chi connectivity index (χ2n) is 4.18. The number of aliphatic hydroxyl groups excluding tert-OH is 1. The first kappa shape index (κ1) is 11.6. The van der Waals surface area contributed by atoms with E-state index >= 15 is 0 Å². The summed E-state index contributed by atoms with van der Waals surface area (Å²) in [7, 11) is 4.12. The number of thiophene rings is 1. The van der Waals surface area contributed by atoms with Gasteiger partial charge in [0.25, 0.3) is 0 Å². The summed E-state index contributed by atoms with van der Waals surface area (Å²) in [5, 5.41) is 12.7. The van der Waals surface area contributed by atoms with E-state index in [1.54, 1.807) is 11.3 Å². The summed E-state index contributed by atoms with van der Waals surface area (Å²) in [6.07, 6.45) is 0.785. The summed E-state index contributed by atoms with van der Waals surface area (Å²) in [4.78, 5) is 2.17. The molecular formula is C13H17NOS. The number of hydrogen-bond donors (Lipinski definition) is 1. The highest BCUT2D eigenvalue weighted by molar-refractivity contribution is 7.17. The van der Waals surface area contributed by atoms with Crippen LogP contribution in [0.15, 0.2) is 29.6 Å². The fourth-order valence-corrected chi connectivity index (χ4v) is 3.08. The van der Waals surface area contributed by atoms with E-state index in [1.165, 1.54) is 15.6 Å². The van der Waals surface area contributed by atoms with E-state index in [9.17, 15) is 0 Å². The molecule has 1 atom stereocenters. The van der Waals surface area contributed by atoms with Gasteiger partial charge in [0, 0.05) is 17.3 Å². The molecule has 0 spiro atoms. The fourth-order valence-electron chi connectivity index (χ4n) is 2.07. The zero-order valence-corrected chi connectivity index (χ0v) is 10.5. The Balaban J connectivity index is 2.44. The maximum atomic E-state index is 9.13. The van der Waals surface area contributed by atoms with E-state index < -0.39 is 0 Å². The molecule has 1 aromatic heterocycles. The van der Waals surface area contributed by atoms with Gasteiger partial charge in [0.15, 0.2) is 0 Å². The largest absolute Gasteiger partial charge is 0.396 e. The van der Waals surface area contributed by atoms with Crippen LogP contribution in [0.2, 0.25) is 0 Å². The molecule has 1 heterocycles. The van der Waals surface area contributed by atoms with E-state index in [0.29, 0.717) is 6.04 Å². The second kappa shape index (κ2) is 4.95. The van der Waals surface area contributed by atoms with Crippen molar-refractivity contribution < 1.29 is 5.11 Å². The van der Waals surface area contributed by atoms with Crippen LogP contribution in [0.25, 0.3) is 10.1 Å². The molecule has 0 bridgehead atoms. The number of rotatable bonds is 4. The zero-order chi connectivity index (χ0) is 11.5. The van der Waals surface area contributed by atoms with Gasteiger partial charge in [-0.05, 0) is 42.9 Å². The molecule has 1 N–H and O–H groups in total. The number of fused-ring (bicyclic) bond motifs is 1. The van der Waals surface area contributed by atoms with Gasteiger partial charge < -0.3 is 10.0 Å². The summed E-state index contributed by atoms with van der Waals surface area (Å²) in [5.74, 6) is 0. The average molecular weight is 235 g/mol. The Hall–Kier alpha value is -0.900. The monoisotopic (exact) mass is 235 g/mol. The predicted molar refractivity (Wildman–Crippen MR) is 70.0 cm³/mol. The Bertz CT molecular complexity index is 464. The maximum Gasteiger partial charge on any atom is 0.0449 e. The highest BCUT2D eigenvalue weighted by Gasteiger charge is 2.17. The lowest BCUT2D eigenvalue weighted by Gasteiger charge is -2.23. The van der Waals surface area contributed by atoms with Gasteiger partial charge in [-0.15, -0.1) is 11.3 Å². The Kier molecular flexibility index (Phi) is 3.59. The minimum absolute atomic E-state index is 0.229. The van der Waals surface area contributed by atoms with Gasteiger partial charge in [0.2, 0.25) is 0 Å². The van der Waals surface area contributed by atoms with Crippen LogP contribution < -0.4 is 0 Å². The molecule has 0 aliphatic rings. The highest BCUT2D eigenvalue weighted by Crippen LogP contribution is 2.33. The van der Waals surface area contributed by atoms with E-state index in [2.05, 4.69) is 48.6 Å². The number of benzene rings is 1. The first-order valence-corrected chi connectivity index (χ1v) is 6.35. The molecule has 0 aliphatic carbocycles. The van der Waals surface area contributed by atoms with Crippen molar-refractivity contribution >= 4 is 21.4 Å². The average Bonchev–Trinajstić information content (AvgIpc) is 2.69. The lowest BCUT2D eigenvalue weighted by atomic mass is 10.0. The maximum absolute atomic E-state index is 9.13. The molecule has 0 amide bonds. The predicted octanol–water partition coefficient (Wildman–Crippen LogP) is 2.89. The summed E-state index contributed by atoms with van der Waals surface area (Å²) in [6.45, 7) is 0.229. The molecule has 3 heteroatoms. The first-order chi connectivity index (χ1) is 7.74. The molecule has 2 nitrogen and oxygen atoms in total. The summed E-state index contributed by atoms with van der Waals surface area (Å²) >= 11 is 1.78. The van der Waals surface area contributed by atoms with Crippen LogP contribution in [0.3, 0.4) is 0 Å². The standard InChI is InChI=1S/C13H17NOS/c1-14(2)12(7-8-15)11-9-16-13-6-4-3-5-10(11)13/h3-6,9,12,15H,7-8H2,1-2H3. The fraction of sp³-hybridized carbons (Fsp3) is 0.385. The Morgan fingerprint density at radius 3 is 2.75 bits per heavy atom. The Labute approximate surface area is 100 Å². The van der Waals surface area contributed by atoms with Crippen molar-refractivity contribution in [2.45, 2.75) is 12.5 Å². The van der Waals surface area contributed by atoms with Gasteiger partial charge >= 0.3 is 0 Å². The SMILES string of the molecule is CN(C)C(CCO)c1csc2ccccc12. The smallest absolute Gasteiger partial charge is 0.0449 e. The molecule has 0 saturated carbocycles. The van der Waals surface area contributed by atoms with Crippen molar-refractivity contribution in [1.29, 1.82) is 0 Å². The molecule has 0 saturated heterocycles. The van der Waals surface area contributed by atoms with Crippen LogP contribution in [-0.2, 0) is 0 Å². The van der Waals surface area contributed by atoms with Gasteiger partial charge in [0.1, 0.15) is 0 Å². The van der Waals surface area contributed by atoms with E-state index in [0.717, 1.165) is 6.42 Å². The first-order valence-electron chi connectivity index (χ1n) is 5.47. The number of nitrogens with zero attached hydrogens (tertiary/aromatic N) is 1. The third-order valence-corrected chi connectivity index (χ3v) is 3.88. The van der Waals surface area contributed by atoms with Crippen LogP contribution in [0.4, 0.5) is 0 Å². The summed E-state index contributed by atoms with van der Waals surface area (Å²) in [6, 6.07) is 8.76. The van der Waals surface area contributed by atoms with Crippen molar-refractivity contribution in [2.24, 2.45) is 0 Å². The quantitative estimate of drug-likeness (QED) is 0.881. The molecule has 0 radical (unpaired) electrons. The van der Waals surface area contributed by atoms with Crippen molar-refractivity contribution in [3.8, 4) is 0 Å². The van der Waals surface area contributed by atoms with Crippen LogP contribution in [0.5, 0.6) is 0 Å². The molecule has 86 valence electrons. The lowest BCUT2D eigenvalue weighted by molar-refractivity contribution is 0.212. The molecule has 2 aromatic rings. The van der Waals surface area contributed by atoms with E-state index in [1.807, 2.05) is 0 Å². The van der Waals surface area contributed by atoms with Crippen molar-refractivity contribution in [1.82, 2.24) is 4.90 Å². The third kappa shape index (κ3) is 2.12. The highest BCUT2D eigenvalue weighted by atomic mass is 32.1. The van der Waals surface area contributed by atoms with Gasteiger partial charge in [-0.2, -0.15) is 0 Å².